The third kappa shape index (κ3) is 3.71. The summed E-state index contributed by atoms with van der Waals surface area (Å²) in [5, 5.41) is 12.3. The minimum atomic E-state index is -0.934. The van der Waals surface area contributed by atoms with E-state index in [4.69, 9.17) is 11.6 Å². The molecule has 0 saturated carbocycles. The van der Waals surface area contributed by atoms with Crippen molar-refractivity contribution in [3.63, 3.8) is 0 Å². The standard InChI is InChI=1S/C19H11BrClF2NO2/c20-11-6-13(18(25)14(21)7-11)19(26)24-17-8-12(15(22)9-16(17)23)10-4-2-1-3-5-10/h1-9,25H,(H,24,26). The average molecular weight is 439 g/mol. The Morgan fingerprint density at radius 2 is 1.73 bits per heavy atom. The van der Waals surface area contributed by atoms with E-state index in [2.05, 4.69) is 21.2 Å². The first-order valence-corrected chi connectivity index (χ1v) is 8.57. The van der Waals surface area contributed by atoms with Gasteiger partial charge in [0.1, 0.15) is 17.4 Å². The fraction of sp³-hybridized carbons (Fsp3) is 0. The van der Waals surface area contributed by atoms with Gasteiger partial charge < -0.3 is 10.4 Å². The van der Waals surface area contributed by atoms with E-state index < -0.39 is 23.3 Å². The number of carbonyl (C=O) groups is 1. The number of aromatic hydroxyl groups is 1. The van der Waals surface area contributed by atoms with Gasteiger partial charge in [0.15, 0.2) is 0 Å². The highest BCUT2D eigenvalue weighted by Gasteiger charge is 2.18. The van der Waals surface area contributed by atoms with Gasteiger partial charge in [-0.25, -0.2) is 8.78 Å². The lowest BCUT2D eigenvalue weighted by molar-refractivity contribution is 0.102. The maximum atomic E-state index is 14.1. The molecule has 3 rings (SSSR count). The van der Waals surface area contributed by atoms with Crippen LogP contribution in [0.2, 0.25) is 5.02 Å². The summed E-state index contributed by atoms with van der Waals surface area (Å²) in [4.78, 5) is 12.4. The lowest BCUT2D eigenvalue weighted by Gasteiger charge is -2.12. The van der Waals surface area contributed by atoms with Gasteiger partial charge in [-0.15, -0.1) is 0 Å². The molecule has 3 nitrogen and oxygen atoms in total. The van der Waals surface area contributed by atoms with Crippen LogP contribution < -0.4 is 5.32 Å². The van der Waals surface area contributed by atoms with Crippen LogP contribution in [0.1, 0.15) is 10.4 Å². The number of rotatable bonds is 3. The van der Waals surface area contributed by atoms with Gasteiger partial charge >= 0.3 is 0 Å². The minimum Gasteiger partial charge on any atom is -0.506 e. The predicted octanol–water partition coefficient (Wildman–Crippen LogP) is 6.01. The number of anilines is 1. The second-order valence-electron chi connectivity index (χ2n) is 5.42. The van der Waals surface area contributed by atoms with Crippen LogP contribution in [0.4, 0.5) is 14.5 Å². The van der Waals surface area contributed by atoms with Gasteiger partial charge in [-0.2, -0.15) is 0 Å². The number of halogens is 4. The van der Waals surface area contributed by atoms with Crippen molar-refractivity contribution < 1.29 is 18.7 Å². The van der Waals surface area contributed by atoms with Crippen molar-refractivity contribution in [2.45, 2.75) is 0 Å². The monoisotopic (exact) mass is 437 g/mol. The van der Waals surface area contributed by atoms with E-state index in [0.29, 0.717) is 16.1 Å². The Bertz CT molecular complexity index is 997. The van der Waals surface area contributed by atoms with E-state index in [0.717, 1.165) is 0 Å². The van der Waals surface area contributed by atoms with Crippen LogP contribution in [-0.4, -0.2) is 11.0 Å². The zero-order valence-corrected chi connectivity index (χ0v) is 15.4. The van der Waals surface area contributed by atoms with Gasteiger partial charge in [-0.1, -0.05) is 57.9 Å². The molecular formula is C19H11BrClF2NO2. The predicted molar refractivity (Wildman–Crippen MR) is 101 cm³/mol. The summed E-state index contributed by atoms with van der Waals surface area (Å²) in [6, 6.07) is 13.2. The third-order valence-corrected chi connectivity index (χ3v) is 4.41. The largest absolute Gasteiger partial charge is 0.506 e. The van der Waals surface area contributed by atoms with Gasteiger partial charge in [-0.3, -0.25) is 4.79 Å². The number of benzene rings is 3. The summed E-state index contributed by atoms with van der Waals surface area (Å²) in [7, 11) is 0. The highest BCUT2D eigenvalue weighted by Crippen LogP contribution is 2.33. The molecule has 0 radical (unpaired) electrons. The molecular weight excluding hydrogens is 428 g/mol. The molecule has 0 heterocycles. The summed E-state index contributed by atoms with van der Waals surface area (Å²) in [5.41, 5.74) is 0.313. The Morgan fingerprint density at radius 1 is 1.04 bits per heavy atom. The SMILES string of the molecule is O=C(Nc1cc(-c2ccccc2)c(F)cc1F)c1cc(Br)cc(Cl)c1O. The molecule has 0 aliphatic rings. The number of phenolic OH excluding ortho intramolecular Hbond substituents is 1. The van der Waals surface area contributed by atoms with Gasteiger partial charge in [0, 0.05) is 16.1 Å². The molecule has 132 valence electrons. The van der Waals surface area contributed by atoms with E-state index in [1.165, 1.54) is 18.2 Å². The number of phenols is 1. The second-order valence-corrected chi connectivity index (χ2v) is 6.74. The summed E-state index contributed by atoms with van der Waals surface area (Å²) < 4.78 is 28.7. The average Bonchev–Trinajstić information content (AvgIpc) is 2.61. The quantitative estimate of drug-likeness (QED) is 0.526. The van der Waals surface area contributed by atoms with E-state index in [1.54, 1.807) is 30.3 Å². The Labute approximate surface area is 161 Å². The fourth-order valence-corrected chi connectivity index (χ4v) is 3.22. The van der Waals surface area contributed by atoms with Crippen molar-refractivity contribution in [2.75, 3.05) is 5.32 Å². The zero-order chi connectivity index (χ0) is 18.8. The molecule has 26 heavy (non-hydrogen) atoms. The molecule has 0 saturated heterocycles. The van der Waals surface area contributed by atoms with Crippen molar-refractivity contribution in [3.05, 3.63) is 81.3 Å². The lowest BCUT2D eigenvalue weighted by atomic mass is 10.0. The summed E-state index contributed by atoms with van der Waals surface area (Å²) in [5.74, 6) is -2.90. The van der Waals surface area contributed by atoms with Crippen molar-refractivity contribution >= 4 is 39.1 Å². The zero-order valence-electron chi connectivity index (χ0n) is 13.1. The van der Waals surface area contributed by atoms with Crippen molar-refractivity contribution in [2.24, 2.45) is 0 Å². The summed E-state index contributed by atoms with van der Waals surface area (Å²) in [6.07, 6.45) is 0. The maximum Gasteiger partial charge on any atom is 0.259 e. The maximum absolute atomic E-state index is 14.1. The van der Waals surface area contributed by atoms with E-state index in [-0.39, 0.29) is 21.8 Å². The molecule has 7 heteroatoms. The Balaban J connectivity index is 1.99. The molecule has 0 atom stereocenters. The molecule has 0 aliphatic carbocycles. The first kappa shape index (κ1) is 18.4. The second kappa shape index (κ2) is 7.43. The van der Waals surface area contributed by atoms with Crippen molar-refractivity contribution in [1.82, 2.24) is 0 Å². The van der Waals surface area contributed by atoms with Crippen LogP contribution >= 0.6 is 27.5 Å². The molecule has 0 unspecified atom stereocenters. The number of amides is 1. The normalized spacial score (nSPS) is 10.6. The first-order chi connectivity index (χ1) is 12.4. The van der Waals surface area contributed by atoms with Crippen molar-refractivity contribution in [1.29, 1.82) is 0 Å². The molecule has 2 N–H and O–H groups in total. The van der Waals surface area contributed by atoms with E-state index in [9.17, 15) is 18.7 Å². The summed E-state index contributed by atoms with van der Waals surface area (Å²) >= 11 is 9.01. The molecule has 3 aromatic carbocycles. The van der Waals surface area contributed by atoms with Gasteiger partial charge in [0.25, 0.3) is 5.91 Å². The fourth-order valence-electron chi connectivity index (χ4n) is 2.41. The van der Waals surface area contributed by atoms with Gasteiger partial charge in [-0.05, 0) is 23.8 Å². The van der Waals surface area contributed by atoms with Crippen LogP contribution in [0.3, 0.4) is 0 Å². The summed E-state index contributed by atoms with van der Waals surface area (Å²) in [6.45, 7) is 0. The smallest absolute Gasteiger partial charge is 0.259 e. The van der Waals surface area contributed by atoms with E-state index >= 15 is 0 Å². The van der Waals surface area contributed by atoms with Crippen LogP contribution in [0.25, 0.3) is 11.1 Å². The van der Waals surface area contributed by atoms with Gasteiger partial charge in [0.2, 0.25) is 0 Å². The molecule has 1 amide bonds. The molecule has 0 aliphatic heterocycles. The lowest BCUT2D eigenvalue weighted by Crippen LogP contribution is -2.14. The molecule has 3 aromatic rings. The first-order valence-electron chi connectivity index (χ1n) is 7.40. The number of hydrogen-bond donors (Lipinski definition) is 2. The van der Waals surface area contributed by atoms with E-state index in [1.807, 2.05) is 0 Å². The Morgan fingerprint density at radius 3 is 2.42 bits per heavy atom. The topological polar surface area (TPSA) is 49.3 Å². The van der Waals surface area contributed by atoms with Crippen LogP contribution in [0.5, 0.6) is 5.75 Å². The molecule has 0 bridgehead atoms. The molecule has 0 spiro atoms. The Kier molecular flexibility index (Phi) is 5.25. The highest BCUT2D eigenvalue weighted by atomic mass is 79.9. The van der Waals surface area contributed by atoms with Crippen LogP contribution in [0, 0.1) is 11.6 Å². The third-order valence-electron chi connectivity index (χ3n) is 3.66. The minimum absolute atomic E-state index is 0.0333. The Hall–Kier alpha value is -2.44. The molecule has 0 fully saturated rings. The van der Waals surface area contributed by atoms with Crippen LogP contribution in [0.15, 0.2) is 59.1 Å². The highest BCUT2D eigenvalue weighted by molar-refractivity contribution is 9.10. The van der Waals surface area contributed by atoms with Crippen LogP contribution in [-0.2, 0) is 0 Å². The van der Waals surface area contributed by atoms with Gasteiger partial charge in [0.05, 0.1) is 16.3 Å². The van der Waals surface area contributed by atoms with Crippen molar-refractivity contribution in [3.8, 4) is 16.9 Å². The number of nitrogens with one attached hydrogen (secondary N) is 1. The number of carbonyl (C=O) groups excluding carboxylic acids is 1. The number of hydrogen-bond acceptors (Lipinski definition) is 2. The molecule has 0 aromatic heterocycles.